The Hall–Kier alpha value is -2.29. The predicted octanol–water partition coefficient (Wildman–Crippen LogP) is 4.01. The molecule has 28 heavy (non-hydrogen) atoms. The minimum atomic E-state index is 0. The van der Waals surface area contributed by atoms with Gasteiger partial charge in [0.2, 0.25) is 0 Å². The monoisotopic (exact) mass is 491 g/mol. The molecule has 148 valence electrons. The Kier molecular flexibility index (Phi) is 6.43. The fourth-order valence-corrected chi connectivity index (χ4v) is 3.73. The molecule has 7 heteroatoms. The van der Waals surface area contributed by atoms with Gasteiger partial charge in [-0.15, -0.1) is 24.0 Å². The van der Waals surface area contributed by atoms with Gasteiger partial charge in [-0.2, -0.15) is 0 Å². The van der Waals surface area contributed by atoms with Crippen LogP contribution in [0.4, 0.5) is 5.69 Å². The molecule has 0 aliphatic heterocycles. The number of ether oxygens (including phenoxy) is 1. The number of aryl methyl sites for hydroxylation is 2. The molecule has 0 radical (unpaired) electrons. The number of anilines is 1. The highest BCUT2D eigenvalue weighted by Gasteiger charge is 2.13. The van der Waals surface area contributed by atoms with Crippen molar-refractivity contribution in [1.82, 2.24) is 9.55 Å². The number of nitrogens with two attached hydrogens (primary N) is 1. The third kappa shape index (κ3) is 4.09. The number of rotatable bonds is 4. The number of methoxy groups -OCH3 is 1. The topological polar surface area (TPSA) is 77.5 Å². The first-order chi connectivity index (χ1) is 13.2. The van der Waals surface area contributed by atoms with Crippen molar-refractivity contribution in [3.8, 4) is 5.75 Å². The molecule has 1 aliphatic carbocycles. The average Bonchev–Trinajstić information content (AvgIpc) is 3.01. The summed E-state index contributed by atoms with van der Waals surface area (Å²) in [6.07, 6.45) is 4.73. The predicted molar refractivity (Wildman–Crippen MR) is 125 cm³/mol. The van der Waals surface area contributed by atoms with Crippen molar-refractivity contribution in [2.75, 3.05) is 12.4 Å². The summed E-state index contributed by atoms with van der Waals surface area (Å²) >= 11 is 0. The van der Waals surface area contributed by atoms with Crippen LogP contribution in [0.25, 0.3) is 11.0 Å². The molecule has 0 spiro atoms. The maximum absolute atomic E-state index is 6.16. The van der Waals surface area contributed by atoms with Crippen LogP contribution in [0.2, 0.25) is 0 Å². The molecule has 0 atom stereocenters. The Labute approximate surface area is 182 Å². The van der Waals surface area contributed by atoms with Crippen LogP contribution in [0.1, 0.15) is 29.8 Å². The quantitative estimate of drug-likeness (QED) is 0.329. The molecule has 1 heterocycles. The van der Waals surface area contributed by atoms with E-state index >= 15 is 0 Å². The Morgan fingerprint density at radius 1 is 1.25 bits per heavy atom. The summed E-state index contributed by atoms with van der Waals surface area (Å²) in [5.74, 6) is 2.07. The number of guanidine groups is 1. The van der Waals surface area contributed by atoms with Gasteiger partial charge in [0, 0.05) is 18.8 Å². The lowest BCUT2D eigenvalue weighted by Gasteiger charge is -2.19. The molecule has 0 saturated carbocycles. The van der Waals surface area contributed by atoms with Crippen LogP contribution in [-0.4, -0.2) is 22.6 Å². The number of nitrogens with one attached hydrogen (secondary N) is 1. The van der Waals surface area contributed by atoms with Crippen molar-refractivity contribution in [1.29, 1.82) is 0 Å². The molecule has 3 aromatic rings. The maximum atomic E-state index is 6.16. The summed E-state index contributed by atoms with van der Waals surface area (Å²) in [5, 5.41) is 3.28. The zero-order chi connectivity index (χ0) is 18.8. The smallest absolute Gasteiger partial charge is 0.193 e. The Balaban J connectivity index is 0.00000225. The van der Waals surface area contributed by atoms with E-state index in [-0.39, 0.29) is 24.0 Å². The lowest BCUT2D eigenvalue weighted by molar-refractivity contribution is 0.415. The lowest BCUT2D eigenvalue weighted by atomic mass is 9.90. The van der Waals surface area contributed by atoms with Gasteiger partial charge in [-0.25, -0.2) is 9.98 Å². The summed E-state index contributed by atoms with van der Waals surface area (Å²) in [6, 6.07) is 12.2. The van der Waals surface area contributed by atoms with Crippen molar-refractivity contribution >= 4 is 46.7 Å². The van der Waals surface area contributed by atoms with Crippen molar-refractivity contribution in [3.63, 3.8) is 0 Å². The fraction of sp³-hybridized carbons (Fsp3) is 0.333. The average molecular weight is 491 g/mol. The molecule has 0 saturated heterocycles. The number of fused-ring (bicyclic) bond motifs is 2. The number of aliphatic imine (C=N–C) groups is 1. The van der Waals surface area contributed by atoms with E-state index in [4.69, 9.17) is 10.5 Å². The first-order valence-electron chi connectivity index (χ1n) is 9.33. The van der Waals surface area contributed by atoms with Gasteiger partial charge < -0.3 is 20.4 Å². The van der Waals surface area contributed by atoms with Crippen LogP contribution in [0, 0.1) is 0 Å². The molecule has 0 fully saturated rings. The second kappa shape index (κ2) is 8.81. The summed E-state index contributed by atoms with van der Waals surface area (Å²) in [6.45, 7) is 0.418. The van der Waals surface area contributed by atoms with Crippen LogP contribution < -0.4 is 15.8 Å². The highest BCUT2D eigenvalue weighted by atomic mass is 127. The van der Waals surface area contributed by atoms with Gasteiger partial charge in [0.1, 0.15) is 18.1 Å². The normalized spacial score (nSPS) is 13.7. The Morgan fingerprint density at radius 2 is 2.07 bits per heavy atom. The molecule has 0 unspecified atom stereocenters. The summed E-state index contributed by atoms with van der Waals surface area (Å²) < 4.78 is 7.31. The number of benzene rings is 2. The van der Waals surface area contributed by atoms with Crippen LogP contribution in [0.15, 0.2) is 41.4 Å². The largest absolute Gasteiger partial charge is 0.497 e. The van der Waals surface area contributed by atoms with Crippen molar-refractivity contribution < 1.29 is 4.74 Å². The fourth-order valence-electron chi connectivity index (χ4n) is 3.73. The number of halogens is 1. The lowest BCUT2D eigenvalue weighted by Crippen LogP contribution is -2.24. The molecule has 1 aromatic heterocycles. The van der Waals surface area contributed by atoms with Crippen LogP contribution in [0.3, 0.4) is 0 Å². The van der Waals surface area contributed by atoms with Crippen molar-refractivity contribution in [2.45, 2.75) is 32.2 Å². The summed E-state index contributed by atoms with van der Waals surface area (Å²) in [5.41, 5.74) is 12.0. The number of aromatic nitrogens is 2. The van der Waals surface area contributed by atoms with E-state index in [9.17, 15) is 0 Å². The second-order valence-corrected chi connectivity index (χ2v) is 6.92. The third-order valence-electron chi connectivity index (χ3n) is 5.23. The van der Waals surface area contributed by atoms with Gasteiger partial charge in [0.15, 0.2) is 5.96 Å². The van der Waals surface area contributed by atoms with Crippen molar-refractivity contribution in [2.24, 2.45) is 17.8 Å². The summed E-state index contributed by atoms with van der Waals surface area (Å²) in [7, 11) is 3.65. The number of hydrogen-bond donors (Lipinski definition) is 2. The maximum Gasteiger partial charge on any atom is 0.193 e. The highest BCUT2D eigenvalue weighted by molar-refractivity contribution is 14.0. The minimum Gasteiger partial charge on any atom is -0.497 e. The van der Waals surface area contributed by atoms with Gasteiger partial charge in [-0.3, -0.25) is 0 Å². The van der Waals surface area contributed by atoms with Gasteiger partial charge in [-0.1, -0.05) is 12.1 Å². The molecule has 6 nitrogen and oxygen atoms in total. The molecule has 1 aliphatic rings. The molecule has 0 bridgehead atoms. The molecule has 3 N–H and O–H groups in total. The second-order valence-electron chi connectivity index (χ2n) is 6.92. The number of hydrogen-bond acceptors (Lipinski definition) is 3. The first kappa shape index (κ1) is 20.4. The Bertz CT molecular complexity index is 1010. The SMILES string of the molecule is COc1ccc2c(c1)nc(CN=C(N)Nc1cccc3c1CCCC3)n2C.I. The molecule has 2 aromatic carbocycles. The van der Waals surface area contributed by atoms with Gasteiger partial charge in [0.25, 0.3) is 0 Å². The standard InChI is InChI=1S/C21H25N5O.HI/c1-26-19-11-10-15(27-2)12-18(19)24-20(26)13-23-21(22)25-17-9-5-7-14-6-3-4-8-16(14)17;/h5,7,9-12H,3-4,6,8,13H2,1-2H3,(H3,22,23,25);1H. The van der Waals surface area contributed by atoms with E-state index < -0.39 is 0 Å². The third-order valence-corrected chi connectivity index (χ3v) is 5.23. The molecular weight excluding hydrogens is 465 g/mol. The zero-order valence-electron chi connectivity index (χ0n) is 16.2. The molecular formula is C21H26IN5O. The minimum absolute atomic E-state index is 0. The Morgan fingerprint density at radius 3 is 2.89 bits per heavy atom. The van der Waals surface area contributed by atoms with Crippen LogP contribution in [0.5, 0.6) is 5.75 Å². The molecule has 0 amide bonds. The number of nitrogens with zero attached hydrogens (tertiary/aromatic N) is 3. The van der Waals surface area contributed by atoms with E-state index in [0.29, 0.717) is 12.5 Å². The van der Waals surface area contributed by atoms with E-state index in [1.165, 1.54) is 24.0 Å². The highest BCUT2D eigenvalue weighted by Crippen LogP contribution is 2.27. The first-order valence-corrected chi connectivity index (χ1v) is 9.33. The zero-order valence-corrected chi connectivity index (χ0v) is 18.6. The van der Waals surface area contributed by atoms with E-state index in [0.717, 1.165) is 41.1 Å². The molecule has 4 rings (SSSR count). The van der Waals surface area contributed by atoms with E-state index in [1.807, 2.05) is 29.8 Å². The van der Waals surface area contributed by atoms with E-state index in [1.54, 1.807) is 7.11 Å². The van der Waals surface area contributed by atoms with Crippen LogP contribution >= 0.6 is 24.0 Å². The van der Waals surface area contributed by atoms with Gasteiger partial charge in [-0.05, 0) is 55.0 Å². The van der Waals surface area contributed by atoms with Crippen molar-refractivity contribution in [3.05, 3.63) is 53.3 Å². The van der Waals surface area contributed by atoms with Gasteiger partial charge in [0.05, 0.1) is 18.1 Å². The van der Waals surface area contributed by atoms with Crippen LogP contribution in [-0.2, 0) is 26.4 Å². The van der Waals surface area contributed by atoms with Gasteiger partial charge >= 0.3 is 0 Å². The summed E-state index contributed by atoms with van der Waals surface area (Å²) in [4.78, 5) is 9.17. The van der Waals surface area contributed by atoms with E-state index in [2.05, 4.69) is 33.5 Å². The number of imidazole rings is 1.